The van der Waals surface area contributed by atoms with Crippen molar-refractivity contribution < 1.29 is 23.9 Å². The molecule has 0 aliphatic carbocycles. The van der Waals surface area contributed by atoms with Crippen molar-refractivity contribution >= 4 is 34.1 Å². The summed E-state index contributed by atoms with van der Waals surface area (Å²) in [6.07, 6.45) is -0.713. The van der Waals surface area contributed by atoms with Gasteiger partial charge >= 0.3 is 11.9 Å². The molecular weight excluding hydrogens is 330 g/mol. The van der Waals surface area contributed by atoms with E-state index in [-0.39, 0.29) is 11.3 Å². The molecule has 1 aliphatic rings. The molecule has 1 aromatic carbocycles. The molecule has 0 fully saturated rings. The monoisotopic (exact) mass is 345 g/mol. The van der Waals surface area contributed by atoms with E-state index in [9.17, 15) is 14.4 Å². The molecule has 0 saturated heterocycles. The van der Waals surface area contributed by atoms with Gasteiger partial charge in [0.15, 0.2) is 5.78 Å². The van der Waals surface area contributed by atoms with E-state index in [0.29, 0.717) is 26.6 Å². The highest BCUT2D eigenvalue weighted by atomic mass is 32.1. The highest BCUT2D eigenvalue weighted by Gasteiger charge is 2.33. The maximum absolute atomic E-state index is 12.1. The number of carbonyl (C=O) groups is 3. The van der Waals surface area contributed by atoms with Crippen molar-refractivity contribution in [3.05, 3.63) is 51.4 Å². The third-order valence-electron chi connectivity index (χ3n) is 3.81. The molecule has 0 amide bonds. The number of rotatable bonds is 4. The van der Waals surface area contributed by atoms with Crippen molar-refractivity contribution in [2.75, 3.05) is 12.4 Å². The Bertz CT molecular complexity index is 855. The minimum atomic E-state index is -0.713. The molecule has 7 heteroatoms. The predicted molar refractivity (Wildman–Crippen MR) is 88.6 cm³/mol. The van der Waals surface area contributed by atoms with Gasteiger partial charge < -0.3 is 14.8 Å². The molecule has 0 spiro atoms. The number of hydrogen-bond donors (Lipinski definition) is 1. The second kappa shape index (κ2) is 6.09. The molecule has 124 valence electrons. The van der Waals surface area contributed by atoms with Crippen molar-refractivity contribution in [2.45, 2.75) is 20.1 Å². The number of thiophene rings is 1. The van der Waals surface area contributed by atoms with Gasteiger partial charge in [0.25, 0.3) is 0 Å². The summed E-state index contributed by atoms with van der Waals surface area (Å²) in [5.41, 5.74) is 2.01. The fourth-order valence-corrected chi connectivity index (χ4v) is 3.78. The van der Waals surface area contributed by atoms with E-state index in [1.165, 1.54) is 14.0 Å². The highest BCUT2D eigenvalue weighted by Crippen LogP contribution is 2.38. The molecule has 1 aromatic heterocycles. The molecule has 0 saturated carbocycles. The maximum Gasteiger partial charge on any atom is 0.341 e. The standard InChI is InChI=1S/C17H15NO5S/c1-8-12(17(21)22-3)15(24-13(8)9(2)19)18-14-10-6-4-5-7-11(10)16(20)23-14/h4-7,14,18H,1-3H3. The van der Waals surface area contributed by atoms with E-state index in [4.69, 9.17) is 9.47 Å². The fourth-order valence-electron chi connectivity index (χ4n) is 2.67. The second-order valence-electron chi connectivity index (χ2n) is 5.33. The van der Waals surface area contributed by atoms with Crippen LogP contribution in [0.2, 0.25) is 0 Å². The van der Waals surface area contributed by atoms with Gasteiger partial charge in [-0.25, -0.2) is 9.59 Å². The molecule has 1 atom stereocenters. The van der Waals surface area contributed by atoms with Gasteiger partial charge in [-0.1, -0.05) is 18.2 Å². The normalized spacial score (nSPS) is 15.6. The first kappa shape index (κ1) is 16.2. The Morgan fingerprint density at radius 2 is 2.00 bits per heavy atom. The van der Waals surface area contributed by atoms with Gasteiger partial charge in [-0.05, 0) is 25.5 Å². The van der Waals surface area contributed by atoms with Gasteiger partial charge in [-0.2, -0.15) is 0 Å². The number of esters is 2. The summed E-state index contributed by atoms with van der Waals surface area (Å²) in [6, 6.07) is 7.02. The van der Waals surface area contributed by atoms with E-state index in [2.05, 4.69) is 5.32 Å². The molecular formula is C17H15NO5S. The molecule has 0 bridgehead atoms. The quantitative estimate of drug-likeness (QED) is 0.676. The number of methoxy groups -OCH3 is 1. The summed E-state index contributed by atoms with van der Waals surface area (Å²) < 4.78 is 10.1. The van der Waals surface area contributed by atoms with Gasteiger partial charge in [0, 0.05) is 5.56 Å². The average Bonchev–Trinajstić information content (AvgIpc) is 3.05. The first-order valence-electron chi connectivity index (χ1n) is 7.23. The van der Waals surface area contributed by atoms with Crippen LogP contribution in [0.3, 0.4) is 0 Å². The van der Waals surface area contributed by atoms with Crippen molar-refractivity contribution in [3.8, 4) is 0 Å². The number of ether oxygens (including phenoxy) is 2. The van der Waals surface area contributed by atoms with Gasteiger partial charge in [-0.3, -0.25) is 4.79 Å². The summed E-state index contributed by atoms with van der Waals surface area (Å²) >= 11 is 1.15. The van der Waals surface area contributed by atoms with E-state index in [1.807, 2.05) is 0 Å². The lowest BCUT2D eigenvalue weighted by Crippen LogP contribution is -2.13. The van der Waals surface area contributed by atoms with Crippen LogP contribution in [-0.2, 0) is 9.47 Å². The van der Waals surface area contributed by atoms with Crippen molar-refractivity contribution in [1.82, 2.24) is 0 Å². The topological polar surface area (TPSA) is 81.7 Å². The molecule has 2 heterocycles. The van der Waals surface area contributed by atoms with Gasteiger partial charge in [-0.15, -0.1) is 11.3 Å². The van der Waals surface area contributed by atoms with Crippen LogP contribution in [0, 0.1) is 6.92 Å². The van der Waals surface area contributed by atoms with Crippen molar-refractivity contribution in [1.29, 1.82) is 0 Å². The third kappa shape index (κ3) is 2.56. The van der Waals surface area contributed by atoms with Gasteiger partial charge in [0.1, 0.15) is 5.00 Å². The van der Waals surface area contributed by atoms with Crippen LogP contribution >= 0.6 is 11.3 Å². The second-order valence-corrected chi connectivity index (χ2v) is 6.35. The van der Waals surface area contributed by atoms with Gasteiger partial charge in [0.05, 0.1) is 23.1 Å². The zero-order valence-corrected chi connectivity index (χ0v) is 14.2. The first-order chi connectivity index (χ1) is 11.4. The molecule has 3 rings (SSSR count). The number of cyclic esters (lactones) is 1. The van der Waals surface area contributed by atoms with Crippen LogP contribution in [0.15, 0.2) is 24.3 Å². The Morgan fingerprint density at radius 3 is 2.67 bits per heavy atom. The van der Waals surface area contributed by atoms with E-state index in [0.717, 1.165) is 11.3 Å². The minimum Gasteiger partial charge on any atom is -0.465 e. The summed E-state index contributed by atoms with van der Waals surface area (Å²) in [7, 11) is 1.28. The summed E-state index contributed by atoms with van der Waals surface area (Å²) in [6.45, 7) is 3.13. The van der Waals surface area contributed by atoms with Crippen molar-refractivity contribution in [3.63, 3.8) is 0 Å². The summed E-state index contributed by atoms with van der Waals surface area (Å²) in [4.78, 5) is 36.3. The van der Waals surface area contributed by atoms with E-state index >= 15 is 0 Å². The number of ketones is 1. The maximum atomic E-state index is 12.1. The lowest BCUT2D eigenvalue weighted by Gasteiger charge is -2.14. The molecule has 1 N–H and O–H groups in total. The van der Waals surface area contributed by atoms with Crippen LogP contribution < -0.4 is 5.32 Å². The number of carbonyl (C=O) groups excluding carboxylic acids is 3. The van der Waals surface area contributed by atoms with Gasteiger partial charge in [0.2, 0.25) is 6.23 Å². The first-order valence-corrected chi connectivity index (χ1v) is 8.04. The lowest BCUT2D eigenvalue weighted by atomic mass is 10.1. The predicted octanol–water partition coefficient (Wildman–Crippen LogP) is 3.33. The number of fused-ring (bicyclic) bond motifs is 1. The Kier molecular flexibility index (Phi) is 4.11. The third-order valence-corrected chi connectivity index (χ3v) is 5.13. The smallest absolute Gasteiger partial charge is 0.341 e. The highest BCUT2D eigenvalue weighted by molar-refractivity contribution is 7.18. The molecule has 0 radical (unpaired) electrons. The zero-order chi connectivity index (χ0) is 17.4. The van der Waals surface area contributed by atoms with E-state index < -0.39 is 18.2 Å². The van der Waals surface area contributed by atoms with Crippen LogP contribution in [0.5, 0.6) is 0 Å². The SMILES string of the molecule is COC(=O)c1c(NC2OC(=O)c3ccccc32)sc(C(C)=O)c1C. The number of Topliss-reactive ketones (excluding diaryl/α,β-unsaturated/α-hetero) is 1. The Hall–Kier alpha value is -2.67. The Labute approximate surface area is 142 Å². The summed E-state index contributed by atoms with van der Waals surface area (Å²) in [5.74, 6) is -1.11. The number of benzene rings is 1. The van der Waals surface area contributed by atoms with Crippen molar-refractivity contribution in [2.24, 2.45) is 0 Å². The fraction of sp³-hybridized carbons (Fsp3) is 0.235. The van der Waals surface area contributed by atoms with Crippen LogP contribution in [-0.4, -0.2) is 24.8 Å². The van der Waals surface area contributed by atoms with Crippen LogP contribution in [0.25, 0.3) is 0 Å². The largest absolute Gasteiger partial charge is 0.465 e. The average molecular weight is 345 g/mol. The minimum absolute atomic E-state index is 0.139. The molecule has 1 aliphatic heterocycles. The number of nitrogens with one attached hydrogen (secondary N) is 1. The van der Waals surface area contributed by atoms with E-state index in [1.54, 1.807) is 31.2 Å². The summed E-state index contributed by atoms with van der Waals surface area (Å²) in [5, 5.41) is 3.49. The molecule has 2 aromatic rings. The lowest BCUT2D eigenvalue weighted by molar-refractivity contribution is 0.0437. The number of hydrogen-bond acceptors (Lipinski definition) is 7. The Balaban J connectivity index is 2.02. The number of anilines is 1. The van der Waals surface area contributed by atoms with Crippen LogP contribution in [0.4, 0.5) is 5.00 Å². The molecule has 24 heavy (non-hydrogen) atoms. The zero-order valence-electron chi connectivity index (χ0n) is 13.3. The molecule has 1 unspecified atom stereocenters. The Morgan fingerprint density at radius 1 is 1.29 bits per heavy atom. The molecule has 6 nitrogen and oxygen atoms in total. The van der Waals surface area contributed by atoms with Crippen LogP contribution in [0.1, 0.15) is 54.7 Å².